The lowest BCUT2D eigenvalue weighted by molar-refractivity contribution is -0.149. The average molecular weight is 483 g/mol. The molecule has 0 unspecified atom stereocenters. The van der Waals surface area contributed by atoms with E-state index >= 15 is 0 Å². The predicted octanol–water partition coefficient (Wildman–Crippen LogP) is 3.83. The van der Waals surface area contributed by atoms with Gasteiger partial charge >= 0.3 is 0 Å². The molecule has 0 radical (unpaired) electrons. The van der Waals surface area contributed by atoms with Gasteiger partial charge in [-0.2, -0.15) is 0 Å². The number of rotatable bonds is 7. The van der Waals surface area contributed by atoms with Gasteiger partial charge in [0.05, 0.1) is 24.9 Å². The van der Waals surface area contributed by atoms with Crippen LogP contribution in [0.15, 0.2) is 54.6 Å². The van der Waals surface area contributed by atoms with Crippen molar-refractivity contribution in [3.05, 3.63) is 71.5 Å². The molecule has 35 heavy (non-hydrogen) atoms. The van der Waals surface area contributed by atoms with Crippen molar-refractivity contribution in [2.75, 3.05) is 32.8 Å². The summed E-state index contributed by atoms with van der Waals surface area (Å²) >= 11 is 0. The van der Waals surface area contributed by atoms with E-state index in [0.29, 0.717) is 39.1 Å². The first kappa shape index (κ1) is 25.3. The summed E-state index contributed by atoms with van der Waals surface area (Å²) < 4.78 is 25.6. The molecule has 7 heteroatoms. The van der Waals surface area contributed by atoms with Crippen LogP contribution in [0.3, 0.4) is 0 Å². The maximum atomic E-state index is 13.6. The zero-order valence-corrected chi connectivity index (χ0v) is 20.6. The minimum atomic E-state index is -0.364. The Hall–Kier alpha value is -2.77. The highest BCUT2D eigenvalue weighted by Gasteiger charge is 2.38. The Labute approximate surface area is 207 Å². The van der Waals surface area contributed by atoms with Crippen molar-refractivity contribution in [3.8, 4) is 0 Å². The Balaban J connectivity index is 1.47. The summed E-state index contributed by atoms with van der Waals surface area (Å²) in [5.74, 6) is -0.576. The molecule has 2 saturated heterocycles. The van der Waals surface area contributed by atoms with Crippen LogP contribution in [0.2, 0.25) is 0 Å². The number of hydrogen-bond acceptors (Lipinski definition) is 4. The Kier molecular flexibility index (Phi) is 8.19. The molecule has 0 N–H and O–H groups in total. The third-order valence-corrected chi connectivity index (χ3v) is 6.77. The van der Waals surface area contributed by atoms with E-state index in [1.165, 1.54) is 12.1 Å². The van der Waals surface area contributed by atoms with Gasteiger partial charge in [-0.05, 0) is 56.4 Å². The van der Waals surface area contributed by atoms with E-state index in [-0.39, 0.29) is 48.4 Å². The summed E-state index contributed by atoms with van der Waals surface area (Å²) in [7, 11) is 0. The van der Waals surface area contributed by atoms with E-state index in [2.05, 4.69) is 0 Å². The number of carbonyl (C=O) groups is 2. The van der Waals surface area contributed by atoms with E-state index in [1.54, 1.807) is 15.9 Å². The second-order valence-electron chi connectivity index (χ2n) is 10.2. The third-order valence-electron chi connectivity index (χ3n) is 6.77. The maximum Gasteiger partial charge on any atom is 0.242 e. The van der Waals surface area contributed by atoms with Crippen LogP contribution >= 0.6 is 0 Å². The normalized spacial score (nSPS) is 22.7. The highest BCUT2D eigenvalue weighted by molar-refractivity contribution is 5.86. The molecule has 2 atom stereocenters. The molecule has 4 rings (SSSR count). The fourth-order valence-corrected chi connectivity index (χ4v) is 4.92. The molecule has 0 aromatic heterocycles. The lowest BCUT2D eigenvalue weighted by atomic mass is 9.87. The number of carbonyl (C=O) groups excluding carboxylic acids is 2. The number of halogens is 1. The number of benzene rings is 2. The van der Waals surface area contributed by atoms with Crippen molar-refractivity contribution >= 4 is 11.8 Å². The Morgan fingerprint density at radius 1 is 1.11 bits per heavy atom. The fourth-order valence-electron chi connectivity index (χ4n) is 4.92. The van der Waals surface area contributed by atoms with Gasteiger partial charge in [-0.3, -0.25) is 9.59 Å². The van der Waals surface area contributed by atoms with Gasteiger partial charge in [0.1, 0.15) is 5.82 Å². The van der Waals surface area contributed by atoms with E-state index in [4.69, 9.17) is 9.47 Å². The molecule has 2 aromatic carbocycles. The fraction of sp³-hybridized carbons (Fsp3) is 0.500. The van der Waals surface area contributed by atoms with Crippen molar-refractivity contribution in [2.45, 2.75) is 51.4 Å². The van der Waals surface area contributed by atoms with E-state index in [1.807, 2.05) is 50.2 Å². The minimum absolute atomic E-state index is 0.0148. The van der Waals surface area contributed by atoms with Gasteiger partial charge in [-0.1, -0.05) is 42.5 Å². The molecule has 0 bridgehead atoms. The molecule has 6 nitrogen and oxygen atoms in total. The highest BCUT2D eigenvalue weighted by Crippen LogP contribution is 2.30. The zero-order valence-electron chi connectivity index (χ0n) is 20.6. The van der Waals surface area contributed by atoms with Crippen LogP contribution in [0.5, 0.6) is 0 Å². The second-order valence-corrected chi connectivity index (χ2v) is 10.2. The van der Waals surface area contributed by atoms with Crippen LogP contribution in [0.25, 0.3) is 0 Å². The molecule has 188 valence electrons. The Morgan fingerprint density at radius 3 is 2.63 bits per heavy atom. The number of ether oxygens (including phenoxy) is 2. The molecule has 2 heterocycles. The van der Waals surface area contributed by atoms with Gasteiger partial charge in [0.15, 0.2) is 0 Å². The summed E-state index contributed by atoms with van der Waals surface area (Å²) in [5.41, 5.74) is 1.52. The minimum Gasteiger partial charge on any atom is -0.376 e. The number of amides is 2. The highest BCUT2D eigenvalue weighted by atomic mass is 19.1. The zero-order chi connectivity index (χ0) is 24.8. The van der Waals surface area contributed by atoms with Crippen LogP contribution in [0.1, 0.15) is 37.8 Å². The molecule has 0 spiro atoms. The van der Waals surface area contributed by atoms with Crippen molar-refractivity contribution < 1.29 is 23.5 Å². The molecule has 2 aromatic rings. The van der Waals surface area contributed by atoms with E-state index in [0.717, 1.165) is 17.5 Å². The van der Waals surface area contributed by atoms with Gasteiger partial charge in [0.25, 0.3) is 0 Å². The van der Waals surface area contributed by atoms with Crippen LogP contribution in [-0.2, 0) is 32.1 Å². The summed E-state index contributed by atoms with van der Waals surface area (Å²) in [4.78, 5) is 30.2. The van der Waals surface area contributed by atoms with Crippen LogP contribution in [0.4, 0.5) is 4.39 Å². The first-order valence-electron chi connectivity index (χ1n) is 12.4. The molecule has 2 aliphatic heterocycles. The first-order chi connectivity index (χ1) is 16.8. The van der Waals surface area contributed by atoms with Gasteiger partial charge in [-0.25, -0.2) is 4.39 Å². The van der Waals surface area contributed by atoms with Crippen LogP contribution in [-0.4, -0.2) is 66.1 Å². The van der Waals surface area contributed by atoms with E-state index < -0.39 is 0 Å². The molecule has 0 aliphatic carbocycles. The van der Waals surface area contributed by atoms with Gasteiger partial charge < -0.3 is 19.3 Å². The van der Waals surface area contributed by atoms with Gasteiger partial charge in [-0.15, -0.1) is 0 Å². The number of nitrogens with zero attached hydrogens (tertiary/aromatic N) is 2. The molecule has 2 amide bonds. The number of hydrogen-bond donors (Lipinski definition) is 0. The molecule has 0 saturated carbocycles. The molecular formula is C28H35FN2O4. The lowest BCUT2D eigenvalue weighted by Crippen LogP contribution is -2.46. The van der Waals surface area contributed by atoms with Gasteiger partial charge in [0, 0.05) is 32.2 Å². The van der Waals surface area contributed by atoms with Crippen LogP contribution < -0.4 is 0 Å². The molecular weight excluding hydrogens is 447 g/mol. The smallest absolute Gasteiger partial charge is 0.242 e. The van der Waals surface area contributed by atoms with Crippen molar-refractivity contribution in [2.24, 2.45) is 5.92 Å². The first-order valence-corrected chi connectivity index (χ1v) is 12.4. The monoisotopic (exact) mass is 482 g/mol. The molecule has 2 aliphatic rings. The Morgan fingerprint density at radius 2 is 1.89 bits per heavy atom. The van der Waals surface area contributed by atoms with Crippen molar-refractivity contribution in [3.63, 3.8) is 0 Å². The summed E-state index contributed by atoms with van der Waals surface area (Å²) in [6, 6.07) is 16.3. The summed E-state index contributed by atoms with van der Waals surface area (Å²) in [5, 5.41) is 0. The van der Waals surface area contributed by atoms with Crippen LogP contribution in [0, 0.1) is 11.7 Å². The second kappa shape index (κ2) is 11.3. The largest absolute Gasteiger partial charge is 0.376 e. The summed E-state index contributed by atoms with van der Waals surface area (Å²) in [6.45, 7) is 6.07. The van der Waals surface area contributed by atoms with Crippen molar-refractivity contribution in [1.29, 1.82) is 0 Å². The molecule has 2 fully saturated rings. The standard InChI is InChI=1S/C28H35FN2O4/c1-28(2)16-23(12-14-35-28)27(33)31-18-25(34-20-22-9-6-10-24(29)15-22)17-30(26(32)19-31)13-11-21-7-4-3-5-8-21/h3-10,15,23,25H,11-14,16-20H2,1-2H3/t23-,25-/m1/s1. The SMILES string of the molecule is CC1(C)C[C@H](C(=O)N2CC(=O)N(CCc3ccccc3)C[C@@H](OCc3cccc(F)c3)C2)CCO1. The van der Waals surface area contributed by atoms with Gasteiger partial charge in [0.2, 0.25) is 11.8 Å². The van der Waals surface area contributed by atoms with Crippen molar-refractivity contribution in [1.82, 2.24) is 9.80 Å². The topological polar surface area (TPSA) is 59.1 Å². The predicted molar refractivity (Wildman–Crippen MR) is 131 cm³/mol. The quantitative estimate of drug-likeness (QED) is 0.602. The van der Waals surface area contributed by atoms with E-state index in [9.17, 15) is 14.0 Å². The average Bonchev–Trinajstić information content (AvgIpc) is 2.99. The lowest BCUT2D eigenvalue weighted by Gasteiger charge is -2.37. The Bertz CT molecular complexity index is 1010. The maximum absolute atomic E-state index is 13.6. The summed E-state index contributed by atoms with van der Waals surface area (Å²) in [6.07, 6.45) is 1.64. The third kappa shape index (κ3) is 7.12.